The lowest BCUT2D eigenvalue weighted by atomic mass is 9.99. The van der Waals surface area contributed by atoms with Gasteiger partial charge in [-0.05, 0) is 42.5 Å². The summed E-state index contributed by atoms with van der Waals surface area (Å²) in [6, 6.07) is 7.70. The number of esters is 1. The number of hydrogen-bond donors (Lipinski definition) is 0. The van der Waals surface area contributed by atoms with Gasteiger partial charge in [-0.3, -0.25) is 9.59 Å². The summed E-state index contributed by atoms with van der Waals surface area (Å²) in [5.41, 5.74) is 2.84. The molecule has 100 valence electrons. The summed E-state index contributed by atoms with van der Waals surface area (Å²) in [4.78, 5) is 23.0. The second-order valence-corrected chi connectivity index (χ2v) is 4.86. The lowest BCUT2D eigenvalue weighted by molar-refractivity contribution is -0.142. The third-order valence-corrected chi connectivity index (χ3v) is 3.54. The standard InChI is InChI=1S/C16H18O3/c1-11(16(18)19-2)13-8-6-12(7-9-13)10-14-4-3-5-15(14)17/h6-11H,3-5H2,1-2H3/b14-10+. The second kappa shape index (κ2) is 5.83. The minimum atomic E-state index is -0.264. The summed E-state index contributed by atoms with van der Waals surface area (Å²) >= 11 is 0. The molecule has 0 aliphatic heterocycles. The number of allylic oxidation sites excluding steroid dienone is 1. The monoisotopic (exact) mass is 258 g/mol. The molecule has 3 nitrogen and oxygen atoms in total. The highest BCUT2D eigenvalue weighted by Gasteiger charge is 2.17. The molecular formula is C16H18O3. The molecule has 0 bridgehead atoms. The summed E-state index contributed by atoms with van der Waals surface area (Å²) in [6.07, 6.45) is 4.45. The molecule has 1 aliphatic carbocycles. The highest BCUT2D eigenvalue weighted by molar-refractivity contribution is 6.01. The van der Waals surface area contributed by atoms with Crippen molar-refractivity contribution in [2.24, 2.45) is 0 Å². The third kappa shape index (κ3) is 3.11. The molecule has 0 aromatic heterocycles. The Morgan fingerprint density at radius 2 is 1.95 bits per heavy atom. The van der Waals surface area contributed by atoms with Crippen molar-refractivity contribution in [2.45, 2.75) is 32.1 Å². The highest BCUT2D eigenvalue weighted by atomic mass is 16.5. The van der Waals surface area contributed by atoms with E-state index in [0.29, 0.717) is 6.42 Å². The first-order chi connectivity index (χ1) is 9.11. The van der Waals surface area contributed by atoms with Gasteiger partial charge in [0.2, 0.25) is 0 Å². The van der Waals surface area contributed by atoms with Gasteiger partial charge in [-0.25, -0.2) is 0 Å². The van der Waals surface area contributed by atoms with Crippen molar-refractivity contribution in [3.63, 3.8) is 0 Å². The van der Waals surface area contributed by atoms with Crippen LogP contribution in [0.2, 0.25) is 0 Å². The van der Waals surface area contributed by atoms with E-state index < -0.39 is 0 Å². The minimum Gasteiger partial charge on any atom is -0.469 e. The first-order valence-electron chi connectivity index (χ1n) is 6.53. The van der Waals surface area contributed by atoms with Crippen LogP contribution < -0.4 is 0 Å². The summed E-state index contributed by atoms with van der Waals surface area (Å²) in [5, 5.41) is 0. The zero-order valence-corrected chi connectivity index (χ0v) is 11.3. The Balaban J connectivity index is 2.15. The smallest absolute Gasteiger partial charge is 0.312 e. The molecule has 1 saturated carbocycles. The molecule has 0 amide bonds. The van der Waals surface area contributed by atoms with E-state index >= 15 is 0 Å². The molecule has 19 heavy (non-hydrogen) atoms. The molecule has 0 spiro atoms. The summed E-state index contributed by atoms with van der Waals surface area (Å²) in [5.74, 6) is -0.246. The maximum Gasteiger partial charge on any atom is 0.312 e. The molecule has 1 unspecified atom stereocenters. The van der Waals surface area contributed by atoms with Gasteiger partial charge in [0.25, 0.3) is 0 Å². The molecule has 3 heteroatoms. The van der Waals surface area contributed by atoms with Crippen molar-refractivity contribution in [1.29, 1.82) is 0 Å². The topological polar surface area (TPSA) is 43.4 Å². The van der Waals surface area contributed by atoms with Crippen LogP contribution in [0.3, 0.4) is 0 Å². The fraction of sp³-hybridized carbons (Fsp3) is 0.375. The number of methoxy groups -OCH3 is 1. The van der Waals surface area contributed by atoms with Crippen LogP contribution in [-0.2, 0) is 14.3 Å². The van der Waals surface area contributed by atoms with Crippen molar-refractivity contribution in [3.05, 3.63) is 41.0 Å². The van der Waals surface area contributed by atoms with Gasteiger partial charge in [0.1, 0.15) is 0 Å². The summed E-state index contributed by atoms with van der Waals surface area (Å²) in [6.45, 7) is 1.82. The van der Waals surface area contributed by atoms with Crippen LogP contribution in [0.5, 0.6) is 0 Å². The van der Waals surface area contributed by atoms with Gasteiger partial charge >= 0.3 is 5.97 Å². The maximum atomic E-state index is 11.6. The first kappa shape index (κ1) is 13.5. The van der Waals surface area contributed by atoms with Crippen molar-refractivity contribution in [1.82, 2.24) is 0 Å². The molecule has 0 radical (unpaired) electrons. The van der Waals surface area contributed by atoms with Gasteiger partial charge in [-0.1, -0.05) is 24.3 Å². The van der Waals surface area contributed by atoms with Crippen molar-refractivity contribution >= 4 is 17.8 Å². The van der Waals surface area contributed by atoms with E-state index in [1.807, 2.05) is 37.3 Å². The van der Waals surface area contributed by atoms with E-state index in [9.17, 15) is 9.59 Å². The largest absolute Gasteiger partial charge is 0.469 e. The van der Waals surface area contributed by atoms with Crippen LogP contribution in [-0.4, -0.2) is 18.9 Å². The summed E-state index contributed by atoms with van der Waals surface area (Å²) in [7, 11) is 1.39. The average Bonchev–Trinajstić information content (AvgIpc) is 2.83. The van der Waals surface area contributed by atoms with E-state index in [1.54, 1.807) is 0 Å². The molecule has 0 saturated heterocycles. The number of Topliss-reactive ketones (excluding diaryl/α,β-unsaturated/α-hetero) is 1. The Kier molecular flexibility index (Phi) is 4.15. The molecule has 1 aromatic carbocycles. The highest BCUT2D eigenvalue weighted by Crippen LogP contribution is 2.24. The number of carbonyl (C=O) groups excluding carboxylic acids is 2. The maximum absolute atomic E-state index is 11.6. The van der Waals surface area contributed by atoms with E-state index in [0.717, 1.165) is 29.5 Å². The number of hydrogen-bond acceptors (Lipinski definition) is 3. The molecule has 1 fully saturated rings. The lowest BCUT2D eigenvalue weighted by Gasteiger charge is -2.09. The van der Waals surface area contributed by atoms with Crippen LogP contribution >= 0.6 is 0 Å². The van der Waals surface area contributed by atoms with Gasteiger partial charge in [0.15, 0.2) is 5.78 Å². The fourth-order valence-electron chi connectivity index (χ4n) is 2.29. The molecule has 1 aromatic rings. The van der Waals surface area contributed by atoms with Gasteiger partial charge < -0.3 is 4.74 Å². The Morgan fingerprint density at radius 1 is 1.26 bits per heavy atom. The average molecular weight is 258 g/mol. The first-order valence-corrected chi connectivity index (χ1v) is 6.53. The zero-order chi connectivity index (χ0) is 13.8. The van der Waals surface area contributed by atoms with E-state index in [4.69, 9.17) is 4.74 Å². The van der Waals surface area contributed by atoms with Crippen LogP contribution in [0.4, 0.5) is 0 Å². The molecule has 0 N–H and O–H groups in total. The third-order valence-electron chi connectivity index (χ3n) is 3.54. The molecular weight excluding hydrogens is 240 g/mol. The van der Waals surface area contributed by atoms with E-state index in [2.05, 4.69) is 0 Å². The molecule has 1 aliphatic rings. The Labute approximate surface area is 113 Å². The van der Waals surface area contributed by atoms with Gasteiger partial charge in [-0.2, -0.15) is 0 Å². The van der Waals surface area contributed by atoms with Crippen LogP contribution in [0.15, 0.2) is 29.8 Å². The predicted octanol–water partition coefficient (Wildman–Crippen LogP) is 3.10. The van der Waals surface area contributed by atoms with E-state index in [1.165, 1.54) is 7.11 Å². The summed E-state index contributed by atoms with van der Waals surface area (Å²) < 4.78 is 4.72. The Bertz CT molecular complexity index is 511. The number of benzene rings is 1. The van der Waals surface area contributed by atoms with E-state index in [-0.39, 0.29) is 17.7 Å². The predicted molar refractivity (Wildman–Crippen MR) is 73.7 cm³/mol. The number of carbonyl (C=O) groups is 2. The van der Waals surface area contributed by atoms with Crippen molar-refractivity contribution in [3.8, 4) is 0 Å². The Hall–Kier alpha value is -1.90. The van der Waals surface area contributed by atoms with Crippen molar-refractivity contribution in [2.75, 3.05) is 7.11 Å². The van der Waals surface area contributed by atoms with Gasteiger partial charge in [-0.15, -0.1) is 0 Å². The van der Waals surface area contributed by atoms with Gasteiger partial charge in [0, 0.05) is 6.42 Å². The van der Waals surface area contributed by atoms with Crippen molar-refractivity contribution < 1.29 is 14.3 Å². The number of ketones is 1. The van der Waals surface area contributed by atoms with Crippen LogP contribution in [0, 0.1) is 0 Å². The van der Waals surface area contributed by atoms with Crippen LogP contribution in [0.1, 0.15) is 43.2 Å². The van der Waals surface area contributed by atoms with Gasteiger partial charge in [0.05, 0.1) is 13.0 Å². The molecule has 1 atom stereocenters. The molecule has 2 rings (SSSR count). The lowest BCUT2D eigenvalue weighted by Crippen LogP contribution is -2.10. The number of ether oxygens (including phenoxy) is 1. The minimum absolute atomic E-state index is 0.239. The van der Waals surface area contributed by atoms with Crippen LogP contribution in [0.25, 0.3) is 6.08 Å². The second-order valence-electron chi connectivity index (χ2n) is 4.86. The Morgan fingerprint density at radius 3 is 2.47 bits per heavy atom. The SMILES string of the molecule is COC(=O)C(C)c1ccc(/C=C2\CCCC2=O)cc1. The molecule has 0 heterocycles. The quantitative estimate of drug-likeness (QED) is 0.618. The zero-order valence-electron chi connectivity index (χ0n) is 11.3. The fourth-order valence-corrected chi connectivity index (χ4v) is 2.29. The normalized spacial score (nSPS) is 18.6. The number of rotatable bonds is 3.